The maximum absolute atomic E-state index is 12.5. The van der Waals surface area contributed by atoms with Gasteiger partial charge in [-0.25, -0.2) is 4.79 Å². The number of nitrogens with one attached hydrogen (secondary N) is 1. The molecule has 1 saturated carbocycles. The number of carbonyl (C=O) groups excluding carboxylic acids is 1. The molecule has 0 unspecified atom stereocenters. The summed E-state index contributed by atoms with van der Waals surface area (Å²) in [6.45, 7) is 2.98. The van der Waals surface area contributed by atoms with Crippen LogP contribution >= 0.6 is 0 Å². The van der Waals surface area contributed by atoms with Gasteiger partial charge in [0.2, 0.25) is 0 Å². The number of amides is 2. The summed E-state index contributed by atoms with van der Waals surface area (Å²) in [5.74, 6) is 0.861. The van der Waals surface area contributed by atoms with Crippen LogP contribution in [0.5, 0.6) is 5.75 Å². The van der Waals surface area contributed by atoms with Gasteiger partial charge in [-0.05, 0) is 30.5 Å². The Bertz CT molecular complexity index is 578. The van der Waals surface area contributed by atoms with Gasteiger partial charge in [0.1, 0.15) is 5.75 Å². The highest BCUT2D eigenvalue weighted by molar-refractivity contribution is 5.74. The summed E-state index contributed by atoms with van der Waals surface area (Å²) in [7, 11) is 3.49. The quantitative estimate of drug-likeness (QED) is 0.845. The summed E-state index contributed by atoms with van der Waals surface area (Å²) in [6, 6.07) is 8.22. The van der Waals surface area contributed by atoms with Crippen LogP contribution in [-0.2, 0) is 14.9 Å². The van der Waals surface area contributed by atoms with Gasteiger partial charge in [-0.15, -0.1) is 0 Å². The summed E-state index contributed by atoms with van der Waals surface area (Å²) >= 11 is 0. The second kappa shape index (κ2) is 8.73. The first-order chi connectivity index (χ1) is 12.6. The Labute approximate surface area is 155 Å². The van der Waals surface area contributed by atoms with Crippen molar-refractivity contribution in [1.82, 2.24) is 10.2 Å². The fourth-order valence-electron chi connectivity index (χ4n) is 3.97. The molecule has 1 N–H and O–H groups in total. The van der Waals surface area contributed by atoms with Gasteiger partial charge in [0.15, 0.2) is 0 Å². The second-order valence-corrected chi connectivity index (χ2v) is 7.32. The van der Waals surface area contributed by atoms with Crippen molar-refractivity contribution in [3.05, 3.63) is 29.8 Å². The minimum absolute atomic E-state index is 0.0211. The van der Waals surface area contributed by atoms with Crippen molar-refractivity contribution in [3.63, 3.8) is 0 Å². The lowest BCUT2D eigenvalue weighted by molar-refractivity contribution is -0.0928. The number of carbonyl (C=O) groups is 1. The molecule has 0 radical (unpaired) electrons. The van der Waals surface area contributed by atoms with E-state index in [0.29, 0.717) is 32.9 Å². The molecule has 1 saturated heterocycles. The van der Waals surface area contributed by atoms with E-state index in [1.54, 1.807) is 12.0 Å². The molecule has 1 heterocycles. The van der Waals surface area contributed by atoms with Crippen molar-refractivity contribution >= 4 is 6.03 Å². The SMILES string of the molecule is COc1ccc(C2(CNC(=O)N(C)C[C@@H]3COCCO3)CCCC2)cc1. The molecule has 3 rings (SSSR count). The summed E-state index contributed by atoms with van der Waals surface area (Å²) in [5.41, 5.74) is 1.30. The Kier molecular flexibility index (Phi) is 6.38. The van der Waals surface area contributed by atoms with Crippen LogP contribution < -0.4 is 10.1 Å². The third kappa shape index (κ3) is 4.48. The van der Waals surface area contributed by atoms with Gasteiger partial charge >= 0.3 is 6.03 Å². The molecule has 1 atom stereocenters. The molecular weight excluding hydrogens is 332 g/mol. The normalized spacial score (nSPS) is 22.0. The van der Waals surface area contributed by atoms with E-state index in [4.69, 9.17) is 14.2 Å². The van der Waals surface area contributed by atoms with Gasteiger partial charge in [-0.1, -0.05) is 25.0 Å². The maximum atomic E-state index is 12.5. The highest BCUT2D eigenvalue weighted by Gasteiger charge is 2.36. The van der Waals surface area contributed by atoms with Crippen LogP contribution in [0.2, 0.25) is 0 Å². The van der Waals surface area contributed by atoms with Crippen molar-refractivity contribution in [2.75, 3.05) is 47.1 Å². The molecule has 1 aromatic carbocycles. The third-order valence-electron chi connectivity index (χ3n) is 5.55. The zero-order valence-electron chi connectivity index (χ0n) is 15.8. The summed E-state index contributed by atoms with van der Waals surface area (Å²) in [4.78, 5) is 14.2. The van der Waals surface area contributed by atoms with E-state index in [-0.39, 0.29) is 17.6 Å². The monoisotopic (exact) mass is 362 g/mol. The number of benzene rings is 1. The Morgan fingerprint density at radius 2 is 2.00 bits per heavy atom. The fraction of sp³-hybridized carbons (Fsp3) is 0.650. The van der Waals surface area contributed by atoms with Gasteiger partial charge in [0.25, 0.3) is 0 Å². The Morgan fingerprint density at radius 3 is 2.62 bits per heavy atom. The number of ether oxygens (including phenoxy) is 3. The average molecular weight is 362 g/mol. The molecule has 6 nitrogen and oxygen atoms in total. The molecule has 1 aliphatic heterocycles. The molecule has 26 heavy (non-hydrogen) atoms. The van der Waals surface area contributed by atoms with E-state index in [0.717, 1.165) is 18.6 Å². The lowest BCUT2D eigenvalue weighted by Gasteiger charge is -2.32. The first-order valence-electron chi connectivity index (χ1n) is 9.46. The van der Waals surface area contributed by atoms with E-state index in [1.165, 1.54) is 18.4 Å². The van der Waals surface area contributed by atoms with E-state index in [1.807, 2.05) is 19.2 Å². The van der Waals surface area contributed by atoms with Gasteiger partial charge < -0.3 is 24.4 Å². The molecule has 2 amide bonds. The average Bonchev–Trinajstić information content (AvgIpc) is 3.17. The molecule has 1 aliphatic carbocycles. The number of nitrogens with zero attached hydrogens (tertiary/aromatic N) is 1. The Hall–Kier alpha value is -1.79. The topological polar surface area (TPSA) is 60.0 Å². The first kappa shape index (κ1) is 19.0. The Morgan fingerprint density at radius 1 is 1.27 bits per heavy atom. The zero-order chi connectivity index (χ0) is 18.4. The van der Waals surface area contributed by atoms with E-state index < -0.39 is 0 Å². The number of hydrogen-bond donors (Lipinski definition) is 1. The molecule has 2 fully saturated rings. The van der Waals surface area contributed by atoms with E-state index in [2.05, 4.69) is 17.4 Å². The van der Waals surface area contributed by atoms with Crippen LogP contribution in [0, 0.1) is 0 Å². The number of methoxy groups -OCH3 is 1. The molecule has 144 valence electrons. The minimum Gasteiger partial charge on any atom is -0.497 e. The van der Waals surface area contributed by atoms with Gasteiger partial charge in [-0.2, -0.15) is 0 Å². The van der Waals surface area contributed by atoms with Crippen LogP contribution in [0.1, 0.15) is 31.2 Å². The fourth-order valence-corrected chi connectivity index (χ4v) is 3.97. The van der Waals surface area contributed by atoms with Gasteiger partial charge in [0.05, 0.1) is 39.6 Å². The summed E-state index contributed by atoms with van der Waals surface area (Å²) < 4.78 is 16.3. The number of likely N-dealkylation sites (N-methyl/N-ethyl adjacent to an activating group) is 1. The molecule has 0 aromatic heterocycles. The highest BCUT2D eigenvalue weighted by atomic mass is 16.6. The summed E-state index contributed by atoms with van der Waals surface area (Å²) in [5, 5.41) is 3.14. The molecule has 6 heteroatoms. The van der Waals surface area contributed by atoms with Crippen LogP contribution in [0.25, 0.3) is 0 Å². The summed E-state index contributed by atoms with van der Waals surface area (Å²) in [6.07, 6.45) is 4.56. The van der Waals surface area contributed by atoms with Crippen LogP contribution in [0.3, 0.4) is 0 Å². The van der Waals surface area contributed by atoms with Crippen molar-refractivity contribution in [2.45, 2.75) is 37.2 Å². The number of urea groups is 1. The Balaban J connectivity index is 1.58. The molecule has 2 aliphatic rings. The largest absolute Gasteiger partial charge is 0.497 e. The van der Waals surface area contributed by atoms with Crippen molar-refractivity contribution in [3.8, 4) is 5.75 Å². The molecule has 0 bridgehead atoms. The predicted molar refractivity (Wildman–Crippen MR) is 99.7 cm³/mol. The van der Waals surface area contributed by atoms with Crippen molar-refractivity contribution < 1.29 is 19.0 Å². The van der Waals surface area contributed by atoms with Gasteiger partial charge in [-0.3, -0.25) is 0 Å². The maximum Gasteiger partial charge on any atom is 0.317 e. The standard InChI is InChI=1S/C20H30N2O4/c1-22(13-18-14-25-11-12-26-18)19(23)21-15-20(9-3-4-10-20)16-5-7-17(24-2)8-6-16/h5-8,18H,3-4,9-15H2,1-2H3,(H,21,23)/t18-/m1/s1. The lowest BCUT2D eigenvalue weighted by Crippen LogP contribution is -2.48. The number of rotatable bonds is 6. The van der Waals surface area contributed by atoms with Crippen molar-refractivity contribution in [2.24, 2.45) is 0 Å². The van der Waals surface area contributed by atoms with Crippen LogP contribution in [0.4, 0.5) is 4.79 Å². The molecule has 1 aromatic rings. The minimum atomic E-state index is -0.0565. The molecular formula is C20H30N2O4. The van der Waals surface area contributed by atoms with E-state index >= 15 is 0 Å². The number of hydrogen-bond acceptors (Lipinski definition) is 4. The molecule has 0 spiro atoms. The third-order valence-corrected chi connectivity index (χ3v) is 5.55. The van der Waals surface area contributed by atoms with Crippen LogP contribution in [-0.4, -0.2) is 64.1 Å². The van der Waals surface area contributed by atoms with Gasteiger partial charge in [0, 0.05) is 19.0 Å². The first-order valence-corrected chi connectivity index (χ1v) is 9.46. The highest BCUT2D eigenvalue weighted by Crippen LogP contribution is 2.41. The zero-order valence-corrected chi connectivity index (χ0v) is 15.8. The smallest absolute Gasteiger partial charge is 0.317 e. The van der Waals surface area contributed by atoms with Crippen LogP contribution in [0.15, 0.2) is 24.3 Å². The van der Waals surface area contributed by atoms with Crippen molar-refractivity contribution in [1.29, 1.82) is 0 Å². The predicted octanol–water partition coefficient (Wildman–Crippen LogP) is 2.56. The second-order valence-electron chi connectivity index (χ2n) is 7.32. The lowest BCUT2D eigenvalue weighted by atomic mass is 9.79. The van der Waals surface area contributed by atoms with E-state index in [9.17, 15) is 4.79 Å².